The van der Waals surface area contributed by atoms with E-state index in [1.807, 2.05) is 26.8 Å². The molecule has 1 aromatic rings. The van der Waals surface area contributed by atoms with Gasteiger partial charge in [0.25, 0.3) is 0 Å². The van der Waals surface area contributed by atoms with Gasteiger partial charge >= 0.3 is 0 Å². The van der Waals surface area contributed by atoms with E-state index in [1.54, 1.807) is 14.2 Å². The highest BCUT2D eigenvalue weighted by Crippen LogP contribution is 1.83. The van der Waals surface area contributed by atoms with Gasteiger partial charge in [-0.25, -0.2) is 8.42 Å². The fourth-order valence-corrected chi connectivity index (χ4v) is 1.13. The minimum atomic E-state index is -3.19. The van der Waals surface area contributed by atoms with Crippen molar-refractivity contribution in [3.8, 4) is 0 Å². The van der Waals surface area contributed by atoms with Gasteiger partial charge in [-0.05, 0) is 24.3 Å². The maximum Gasteiger partial charge on any atom is 0.229 e. The van der Waals surface area contributed by atoms with Crippen molar-refractivity contribution in [3.63, 3.8) is 0 Å². The molecular formula is C17H29ClO3S. The highest BCUT2D eigenvalue weighted by Gasteiger charge is 1.83. The molecule has 0 amide bonds. The summed E-state index contributed by atoms with van der Waals surface area (Å²) in [7, 11) is 4.56. The molecule has 0 aliphatic heterocycles. The van der Waals surface area contributed by atoms with Crippen LogP contribution < -0.4 is 10.4 Å². The number of hydrogen-bond acceptors (Lipinski definition) is 3. The summed E-state index contributed by atoms with van der Waals surface area (Å²) in [5.74, 6) is 0. The van der Waals surface area contributed by atoms with E-state index in [0.29, 0.717) is 0 Å². The molecular weight excluding hydrogens is 320 g/mol. The summed E-state index contributed by atoms with van der Waals surface area (Å²) in [5, 5.41) is 2.56. The van der Waals surface area contributed by atoms with Gasteiger partial charge < -0.3 is 4.74 Å². The normalized spacial score (nSPS) is 11.6. The maximum atomic E-state index is 9.40. The first kappa shape index (κ1) is 25.8. The van der Waals surface area contributed by atoms with Gasteiger partial charge in [0.05, 0.1) is 6.26 Å². The van der Waals surface area contributed by atoms with Crippen LogP contribution in [0.1, 0.15) is 27.7 Å². The van der Waals surface area contributed by atoms with Crippen molar-refractivity contribution in [1.82, 2.24) is 0 Å². The van der Waals surface area contributed by atoms with Gasteiger partial charge in [-0.1, -0.05) is 62.4 Å². The number of rotatable bonds is 1. The quantitative estimate of drug-likeness (QED) is 0.731. The van der Waals surface area contributed by atoms with Crippen LogP contribution in [-0.2, 0) is 13.8 Å². The Kier molecular flexibility index (Phi) is 21.1. The zero-order valence-corrected chi connectivity index (χ0v) is 16.2. The molecule has 3 nitrogen and oxygen atoms in total. The molecule has 1 aromatic carbocycles. The summed E-state index contributed by atoms with van der Waals surface area (Å²) in [6.07, 6.45) is 9.26. The first-order valence-corrected chi connectivity index (χ1v) is 9.66. The van der Waals surface area contributed by atoms with Crippen molar-refractivity contribution in [2.75, 3.05) is 20.5 Å². The van der Waals surface area contributed by atoms with Gasteiger partial charge in [-0.2, -0.15) is 0 Å². The number of halogens is 1. The van der Waals surface area contributed by atoms with Gasteiger partial charge in [0, 0.05) is 24.9 Å². The molecule has 128 valence electrons. The topological polar surface area (TPSA) is 43.4 Å². The molecule has 1 rings (SSSR count). The van der Waals surface area contributed by atoms with Gasteiger partial charge in [-0.3, -0.25) is 0 Å². The molecule has 0 saturated heterocycles. The summed E-state index contributed by atoms with van der Waals surface area (Å²) in [5.41, 5.74) is 0. The number of benzene rings is 1. The number of methoxy groups -OCH3 is 1. The van der Waals surface area contributed by atoms with Crippen LogP contribution in [0.4, 0.5) is 0 Å². The van der Waals surface area contributed by atoms with Gasteiger partial charge in [0.2, 0.25) is 9.05 Å². The Balaban J connectivity index is -0.000000302. The molecule has 0 radical (unpaired) electrons. The number of allylic oxidation sites excluding steroid dienone is 2. The molecule has 0 unspecified atom stereocenters. The molecule has 5 heteroatoms. The minimum absolute atomic E-state index is 0.925. The Hall–Kier alpha value is -1.10. The highest BCUT2D eigenvalue weighted by atomic mass is 35.7. The van der Waals surface area contributed by atoms with Crippen molar-refractivity contribution in [1.29, 1.82) is 0 Å². The first-order chi connectivity index (χ1) is 10.3. The van der Waals surface area contributed by atoms with Crippen LogP contribution >= 0.6 is 10.7 Å². The Morgan fingerprint density at radius 3 is 1.73 bits per heavy atom. The van der Waals surface area contributed by atoms with E-state index in [4.69, 9.17) is 0 Å². The minimum Gasteiger partial charge on any atom is -0.388 e. The molecule has 0 spiro atoms. The summed E-state index contributed by atoms with van der Waals surface area (Å²) in [4.78, 5) is 0. The molecule has 0 N–H and O–H groups in total. The monoisotopic (exact) mass is 348 g/mol. The molecule has 0 aliphatic carbocycles. The number of ether oxygens (including phenoxy) is 1. The lowest BCUT2D eigenvalue weighted by Crippen LogP contribution is -2.22. The highest BCUT2D eigenvalue weighted by molar-refractivity contribution is 8.13. The van der Waals surface area contributed by atoms with Crippen LogP contribution in [0, 0.1) is 0 Å². The van der Waals surface area contributed by atoms with Gasteiger partial charge in [0.1, 0.15) is 0 Å². The van der Waals surface area contributed by atoms with Gasteiger partial charge in [0.15, 0.2) is 0 Å². The number of hydrogen-bond donors (Lipinski definition) is 0. The van der Waals surface area contributed by atoms with E-state index in [2.05, 4.69) is 64.8 Å². The molecule has 0 heterocycles. The first-order valence-electron chi connectivity index (χ1n) is 6.94. The van der Waals surface area contributed by atoms with E-state index in [0.717, 1.165) is 6.26 Å². The largest absolute Gasteiger partial charge is 0.388 e. The third-order valence-electron chi connectivity index (χ3n) is 1.78. The molecule has 22 heavy (non-hydrogen) atoms. The average Bonchev–Trinajstić information content (AvgIpc) is 2.46. The predicted octanol–water partition coefficient (Wildman–Crippen LogP) is 3.32. The molecule has 0 bridgehead atoms. The smallest absolute Gasteiger partial charge is 0.229 e. The fourth-order valence-electron chi connectivity index (χ4n) is 1.13. The predicted molar refractivity (Wildman–Crippen MR) is 100 cm³/mol. The van der Waals surface area contributed by atoms with Gasteiger partial charge in [-0.15, -0.1) is 0 Å². The lowest BCUT2D eigenvalue weighted by atomic mass is 10.2. The molecule has 0 aromatic heterocycles. The van der Waals surface area contributed by atoms with Crippen molar-refractivity contribution < 1.29 is 13.2 Å². The van der Waals surface area contributed by atoms with E-state index in [1.165, 1.54) is 10.4 Å². The third-order valence-corrected chi connectivity index (χ3v) is 1.78. The van der Waals surface area contributed by atoms with E-state index in [-0.39, 0.29) is 0 Å². The van der Waals surface area contributed by atoms with E-state index < -0.39 is 9.05 Å². The Morgan fingerprint density at radius 2 is 1.41 bits per heavy atom. The van der Waals surface area contributed by atoms with Crippen LogP contribution in [0.25, 0.3) is 12.2 Å². The van der Waals surface area contributed by atoms with Crippen molar-refractivity contribution in [2.45, 2.75) is 27.7 Å². The molecule has 0 saturated carbocycles. The van der Waals surface area contributed by atoms with Crippen LogP contribution in [0.15, 0.2) is 36.4 Å². The SMILES string of the molecule is CC.COC.CS(=O)(=O)Cl.C\C=C/C=c1/cccc/c1=C/C. The Labute approximate surface area is 140 Å². The van der Waals surface area contributed by atoms with Crippen molar-refractivity contribution >= 4 is 31.9 Å². The fraction of sp³-hybridized carbons (Fsp3) is 0.412. The van der Waals surface area contributed by atoms with Crippen molar-refractivity contribution in [3.05, 3.63) is 46.9 Å². The lowest BCUT2D eigenvalue weighted by molar-refractivity contribution is 0.277. The summed E-state index contributed by atoms with van der Waals surface area (Å²) in [6, 6.07) is 8.36. The van der Waals surface area contributed by atoms with E-state index in [9.17, 15) is 8.42 Å². The summed E-state index contributed by atoms with van der Waals surface area (Å²) in [6.45, 7) is 8.08. The second-order valence-corrected chi connectivity index (χ2v) is 6.75. The average molecular weight is 349 g/mol. The van der Waals surface area contributed by atoms with Crippen LogP contribution in [0.2, 0.25) is 0 Å². The van der Waals surface area contributed by atoms with Crippen LogP contribution in [0.3, 0.4) is 0 Å². The summed E-state index contributed by atoms with van der Waals surface area (Å²) < 4.78 is 23.0. The summed E-state index contributed by atoms with van der Waals surface area (Å²) >= 11 is 0. The Morgan fingerprint density at radius 1 is 1.05 bits per heavy atom. The zero-order chi connectivity index (χ0) is 18.0. The zero-order valence-electron chi connectivity index (χ0n) is 14.6. The Bertz CT molecular complexity index is 583. The van der Waals surface area contributed by atoms with Crippen LogP contribution in [0.5, 0.6) is 0 Å². The second kappa shape index (κ2) is 18.0. The molecule has 0 atom stereocenters. The van der Waals surface area contributed by atoms with E-state index >= 15 is 0 Å². The third kappa shape index (κ3) is 24.0. The molecule has 0 aliphatic rings. The standard InChI is InChI=1S/C12H14.C2H6O.C2H6.CH3ClO2S/c1-3-5-8-12-10-7-6-9-11(12)4-2;1-3-2;1-2;1-5(2,3)4/h3-10H,1-2H3;1-2H3;1-2H3;1H3/b5-3-,11-4-,12-8-;;;. The molecule has 0 fully saturated rings. The second-order valence-electron chi connectivity index (χ2n) is 3.70. The van der Waals surface area contributed by atoms with Crippen molar-refractivity contribution in [2.24, 2.45) is 0 Å². The lowest BCUT2D eigenvalue weighted by Gasteiger charge is -1.86. The maximum absolute atomic E-state index is 9.40. The van der Waals surface area contributed by atoms with Crippen LogP contribution in [-0.4, -0.2) is 28.9 Å².